The van der Waals surface area contributed by atoms with Crippen LogP contribution in [0, 0.1) is 31.3 Å². The fourth-order valence-electron chi connectivity index (χ4n) is 5.02. The van der Waals surface area contributed by atoms with E-state index in [1.807, 2.05) is 42.5 Å². The minimum atomic E-state index is -1.10. The molecule has 9 heteroatoms. The minimum absolute atomic E-state index is 0.0749. The van der Waals surface area contributed by atoms with Gasteiger partial charge in [0.1, 0.15) is 18.0 Å². The highest BCUT2D eigenvalue weighted by molar-refractivity contribution is 5.93. The van der Waals surface area contributed by atoms with Gasteiger partial charge in [-0.05, 0) is 43.7 Å². The molecule has 0 atom stereocenters. The first-order chi connectivity index (χ1) is 19.3. The van der Waals surface area contributed by atoms with Gasteiger partial charge in [0.15, 0.2) is 23.2 Å². The first-order valence-electron chi connectivity index (χ1n) is 13.3. The number of methoxy groups -OCH3 is 1. The topological polar surface area (TPSA) is 49.9 Å². The molecule has 1 aromatic heterocycles. The van der Waals surface area contributed by atoms with Crippen LogP contribution in [0.3, 0.4) is 0 Å². The SMILES string of the molecule is COc1cccc(CN2CCN(CCOc3c(F)c(C)c(F)c(Nc4cc(C)nc5ccccc45)c3F)CC2)c1. The molecule has 1 aliphatic heterocycles. The van der Waals surface area contributed by atoms with Crippen molar-refractivity contribution in [3.63, 3.8) is 0 Å². The summed E-state index contributed by atoms with van der Waals surface area (Å²) in [6, 6.07) is 17.0. The van der Waals surface area contributed by atoms with Crippen LogP contribution >= 0.6 is 0 Å². The van der Waals surface area contributed by atoms with E-state index >= 15 is 8.78 Å². The summed E-state index contributed by atoms with van der Waals surface area (Å²) < 4.78 is 56.5. The number of nitrogens with one attached hydrogen (secondary N) is 1. The zero-order valence-electron chi connectivity index (χ0n) is 22.9. The molecule has 0 amide bonds. The molecule has 0 radical (unpaired) electrons. The largest absolute Gasteiger partial charge is 0.497 e. The van der Waals surface area contributed by atoms with Crippen molar-refractivity contribution in [3.8, 4) is 11.5 Å². The second-order valence-electron chi connectivity index (χ2n) is 10.0. The minimum Gasteiger partial charge on any atom is -0.497 e. The van der Waals surface area contributed by atoms with Crippen LogP contribution < -0.4 is 14.8 Å². The predicted molar refractivity (Wildman–Crippen MR) is 151 cm³/mol. The molecule has 0 bridgehead atoms. The number of aromatic nitrogens is 1. The molecule has 210 valence electrons. The number of hydrogen-bond donors (Lipinski definition) is 1. The van der Waals surface area contributed by atoms with Gasteiger partial charge >= 0.3 is 0 Å². The van der Waals surface area contributed by atoms with E-state index in [1.165, 1.54) is 12.5 Å². The Morgan fingerprint density at radius 2 is 1.62 bits per heavy atom. The number of piperazine rings is 1. The molecule has 3 aromatic carbocycles. The number of nitrogens with zero attached hydrogens (tertiary/aromatic N) is 3. The summed E-state index contributed by atoms with van der Waals surface area (Å²) in [6.07, 6.45) is 0. The van der Waals surface area contributed by atoms with Crippen LogP contribution in [0.25, 0.3) is 10.9 Å². The van der Waals surface area contributed by atoms with Crippen LogP contribution in [0.5, 0.6) is 11.5 Å². The molecular formula is C31H33F3N4O2. The van der Waals surface area contributed by atoms with Crippen LogP contribution in [-0.4, -0.2) is 61.2 Å². The molecule has 1 fully saturated rings. The number of aryl methyl sites for hydroxylation is 1. The molecule has 1 saturated heterocycles. The number of anilines is 2. The first kappa shape index (κ1) is 27.7. The number of fused-ring (bicyclic) bond motifs is 1. The maximum absolute atomic E-state index is 15.5. The Morgan fingerprint density at radius 1 is 0.875 bits per heavy atom. The third-order valence-electron chi connectivity index (χ3n) is 7.26. The summed E-state index contributed by atoms with van der Waals surface area (Å²) in [7, 11) is 1.66. The van der Waals surface area contributed by atoms with Crippen molar-refractivity contribution in [1.29, 1.82) is 0 Å². The lowest BCUT2D eigenvalue weighted by Gasteiger charge is -2.34. The molecule has 0 saturated carbocycles. The van der Waals surface area contributed by atoms with E-state index in [2.05, 4.69) is 26.2 Å². The number of hydrogen-bond acceptors (Lipinski definition) is 6. The van der Waals surface area contributed by atoms with E-state index in [0.717, 1.165) is 38.5 Å². The van der Waals surface area contributed by atoms with E-state index in [4.69, 9.17) is 9.47 Å². The normalized spacial score (nSPS) is 14.4. The molecule has 0 spiro atoms. The molecule has 5 rings (SSSR count). The van der Waals surface area contributed by atoms with E-state index in [0.29, 0.717) is 28.8 Å². The number of pyridine rings is 1. The summed E-state index contributed by atoms with van der Waals surface area (Å²) in [6.45, 7) is 7.82. The predicted octanol–water partition coefficient (Wildman–Crippen LogP) is 6.22. The summed E-state index contributed by atoms with van der Waals surface area (Å²) in [5.41, 5.74) is 2.28. The number of halogens is 3. The molecule has 0 unspecified atom stereocenters. The first-order valence-corrected chi connectivity index (χ1v) is 13.3. The Labute approximate surface area is 232 Å². The molecule has 4 aromatic rings. The molecule has 40 heavy (non-hydrogen) atoms. The lowest BCUT2D eigenvalue weighted by atomic mass is 10.1. The van der Waals surface area contributed by atoms with Gasteiger partial charge in [-0.25, -0.2) is 13.2 Å². The second kappa shape index (κ2) is 12.1. The fourth-order valence-corrected chi connectivity index (χ4v) is 5.02. The second-order valence-corrected chi connectivity index (χ2v) is 10.0. The molecule has 2 heterocycles. The maximum atomic E-state index is 15.5. The average Bonchev–Trinajstić information content (AvgIpc) is 2.97. The zero-order valence-corrected chi connectivity index (χ0v) is 22.9. The smallest absolute Gasteiger partial charge is 0.194 e. The van der Waals surface area contributed by atoms with Crippen LogP contribution in [0.2, 0.25) is 0 Å². The van der Waals surface area contributed by atoms with Crippen molar-refractivity contribution in [3.05, 3.63) is 88.9 Å². The van der Waals surface area contributed by atoms with Gasteiger partial charge in [0.05, 0.1) is 12.6 Å². The Hall–Kier alpha value is -3.82. The van der Waals surface area contributed by atoms with Crippen molar-refractivity contribution in [1.82, 2.24) is 14.8 Å². The van der Waals surface area contributed by atoms with Crippen LogP contribution in [-0.2, 0) is 6.54 Å². The van der Waals surface area contributed by atoms with Crippen molar-refractivity contribution in [2.45, 2.75) is 20.4 Å². The van der Waals surface area contributed by atoms with Gasteiger partial charge in [-0.3, -0.25) is 14.8 Å². The molecular weight excluding hydrogens is 517 g/mol. The van der Waals surface area contributed by atoms with E-state index in [9.17, 15) is 4.39 Å². The summed E-state index contributed by atoms with van der Waals surface area (Å²) in [5, 5.41) is 3.54. The highest BCUT2D eigenvalue weighted by Crippen LogP contribution is 2.37. The summed E-state index contributed by atoms with van der Waals surface area (Å²) in [4.78, 5) is 9.02. The van der Waals surface area contributed by atoms with Gasteiger partial charge in [0.2, 0.25) is 0 Å². The van der Waals surface area contributed by atoms with Crippen molar-refractivity contribution >= 4 is 22.3 Å². The highest BCUT2D eigenvalue weighted by atomic mass is 19.1. The quantitative estimate of drug-likeness (QED) is 0.267. The zero-order chi connectivity index (χ0) is 28.2. The molecule has 1 aliphatic rings. The molecule has 6 nitrogen and oxygen atoms in total. The number of ether oxygens (including phenoxy) is 2. The van der Waals surface area contributed by atoms with Crippen LogP contribution in [0.15, 0.2) is 54.6 Å². The Bertz CT molecular complexity index is 1510. The fraction of sp³-hybridized carbons (Fsp3) is 0.323. The number of para-hydroxylation sites is 1. The van der Waals surface area contributed by atoms with Gasteiger partial charge in [-0.15, -0.1) is 0 Å². The summed E-state index contributed by atoms with van der Waals surface area (Å²) in [5.74, 6) is -2.85. The van der Waals surface area contributed by atoms with Gasteiger partial charge < -0.3 is 14.8 Å². The van der Waals surface area contributed by atoms with Crippen LogP contribution in [0.1, 0.15) is 16.8 Å². The van der Waals surface area contributed by atoms with E-state index < -0.39 is 28.9 Å². The van der Waals surface area contributed by atoms with Crippen molar-refractivity contribution in [2.24, 2.45) is 0 Å². The number of rotatable bonds is 9. The third-order valence-corrected chi connectivity index (χ3v) is 7.26. The van der Waals surface area contributed by atoms with E-state index in [-0.39, 0.29) is 12.2 Å². The van der Waals surface area contributed by atoms with Gasteiger partial charge in [-0.1, -0.05) is 30.3 Å². The molecule has 1 N–H and O–H groups in total. The van der Waals surface area contributed by atoms with Crippen LogP contribution in [0.4, 0.5) is 24.5 Å². The highest BCUT2D eigenvalue weighted by Gasteiger charge is 2.25. The van der Waals surface area contributed by atoms with E-state index in [1.54, 1.807) is 20.1 Å². The summed E-state index contributed by atoms with van der Waals surface area (Å²) >= 11 is 0. The van der Waals surface area contributed by atoms with Crippen molar-refractivity contribution < 1.29 is 22.6 Å². The molecule has 0 aliphatic carbocycles. The van der Waals surface area contributed by atoms with Crippen molar-refractivity contribution in [2.75, 3.05) is 51.8 Å². The lowest BCUT2D eigenvalue weighted by molar-refractivity contribution is 0.111. The maximum Gasteiger partial charge on any atom is 0.194 e. The van der Waals surface area contributed by atoms with Gasteiger partial charge in [-0.2, -0.15) is 0 Å². The lowest BCUT2D eigenvalue weighted by Crippen LogP contribution is -2.47. The van der Waals surface area contributed by atoms with Gasteiger partial charge in [0, 0.05) is 61.6 Å². The average molecular weight is 551 g/mol. The Kier molecular flexibility index (Phi) is 8.42. The standard InChI is InChI=1S/C31H33F3N4O2/c1-20-17-26(24-9-4-5-10-25(24)35-20)36-30-27(32)21(2)28(33)31(29(30)34)40-16-15-37-11-13-38(14-12-37)19-22-7-6-8-23(18-22)39-3/h4-10,17-18H,11-16,19H2,1-3H3,(H,35,36). The monoisotopic (exact) mass is 550 g/mol. The Balaban J connectivity index is 1.23. The third kappa shape index (κ3) is 6.00. The van der Waals surface area contributed by atoms with Gasteiger partial charge in [0.25, 0.3) is 0 Å². The Morgan fingerprint density at radius 3 is 2.40 bits per heavy atom. The number of benzene rings is 3.